The van der Waals surface area contributed by atoms with E-state index in [4.69, 9.17) is 14.2 Å². The molecule has 0 spiro atoms. The fourth-order valence-corrected chi connectivity index (χ4v) is 9.45. The predicted octanol–water partition coefficient (Wildman–Crippen LogP) is 4.83. The van der Waals surface area contributed by atoms with Crippen LogP contribution < -0.4 is 24.8 Å². The highest BCUT2D eigenvalue weighted by Gasteiger charge is 2.63. The fraction of sp³-hybridized carbons (Fsp3) is 0.641. The Kier molecular flexibility index (Phi) is 11.1. The van der Waals surface area contributed by atoms with Crippen LogP contribution >= 0.6 is 0 Å². The second-order valence-electron chi connectivity index (χ2n) is 16.7. The molecule has 3 N–H and O–H groups in total. The van der Waals surface area contributed by atoms with Crippen molar-refractivity contribution >= 4 is 44.9 Å². The van der Waals surface area contributed by atoms with E-state index in [1.165, 1.54) is 32.2 Å². The average Bonchev–Trinajstić information content (AvgIpc) is 3.97. The van der Waals surface area contributed by atoms with Gasteiger partial charge in [0, 0.05) is 18.4 Å². The number of ether oxygens (including phenoxy) is 3. The van der Waals surface area contributed by atoms with Gasteiger partial charge >= 0.3 is 12.3 Å². The summed E-state index contributed by atoms with van der Waals surface area (Å²) in [5.74, 6) is -3.63. The highest BCUT2D eigenvalue weighted by Crippen LogP contribution is 2.48. The molecule has 15 nitrogen and oxygen atoms in total. The zero-order valence-electron chi connectivity index (χ0n) is 32.7. The zero-order chi connectivity index (χ0) is 41.7. The zero-order valence-corrected chi connectivity index (χ0v) is 33.5. The maximum Gasteiger partial charge on any atom is 0.438 e. The summed E-state index contributed by atoms with van der Waals surface area (Å²) in [6, 6.07) is 1.63. The van der Waals surface area contributed by atoms with Crippen LogP contribution in [0.25, 0.3) is 11.0 Å². The van der Waals surface area contributed by atoms with E-state index in [0.29, 0.717) is 51.4 Å². The highest BCUT2D eigenvalue weighted by atomic mass is 32.2. The number of halogens is 3. The number of hydrogen-bond donors (Lipinski definition) is 3. The topological polar surface area (TPSA) is 195 Å². The van der Waals surface area contributed by atoms with Gasteiger partial charge in [0.2, 0.25) is 33.4 Å². The van der Waals surface area contributed by atoms with Crippen LogP contribution in [0.1, 0.15) is 103 Å². The van der Waals surface area contributed by atoms with Crippen LogP contribution in [0.4, 0.5) is 18.0 Å². The smallest absolute Gasteiger partial charge is 0.438 e. The number of allylic oxidation sites excluding steroid dienone is 1. The van der Waals surface area contributed by atoms with E-state index in [1.54, 1.807) is 6.08 Å². The van der Waals surface area contributed by atoms with Gasteiger partial charge in [0.25, 0.3) is 5.91 Å². The number of sulfonamides is 1. The first-order chi connectivity index (χ1) is 27.4. The summed E-state index contributed by atoms with van der Waals surface area (Å²) < 4.78 is 87.5. The van der Waals surface area contributed by atoms with Crippen LogP contribution in [-0.4, -0.2) is 94.8 Å². The lowest BCUT2D eigenvalue weighted by Gasteiger charge is -2.31. The summed E-state index contributed by atoms with van der Waals surface area (Å²) in [5, 5.41) is 5.44. The van der Waals surface area contributed by atoms with Crippen molar-refractivity contribution in [1.82, 2.24) is 30.2 Å². The van der Waals surface area contributed by atoms with Crippen LogP contribution in [0, 0.1) is 5.92 Å². The van der Waals surface area contributed by atoms with Gasteiger partial charge in [0.05, 0.1) is 29.4 Å². The number of hydrogen-bond acceptors (Lipinski definition) is 11. The van der Waals surface area contributed by atoms with Crippen LogP contribution in [0.5, 0.6) is 11.6 Å². The van der Waals surface area contributed by atoms with Gasteiger partial charge in [-0.1, -0.05) is 25.0 Å². The largest absolute Gasteiger partial charge is 0.497 e. The second kappa shape index (κ2) is 15.5. The molecule has 1 aromatic carbocycles. The van der Waals surface area contributed by atoms with Crippen LogP contribution in [0.2, 0.25) is 0 Å². The molecule has 5 atom stereocenters. The lowest BCUT2D eigenvalue weighted by atomic mass is 10.0. The first-order valence-electron chi connectivity index (χ1n) is 19.8. The maximum absolute atomic E-state index is 14.6. The second-order valence-corrected chi connectivity index (χ2v) is 18.9. The third-order valence-electron chi connectivity index (χ3n) is 12.2. The molecule has 4 amide bonds. The number of benzene rings is 1. The first kappa shape index (κ1) is 41.5. The maximum atomic E-state index is 14.6. The van der Waals surface area contributed by atoms with Crippen molar-refractivity contribution in [1.29, 1.82) is 0 Å². The van der Waals surface area contributed by atoms with E-state index in [0.717, 1.165) is 17.7 Å². The van der Waals surface area contributed by atoms with Crippen molar-refractivity contribution in [2.24, 2.45) is 5.92 Å². The minimum atomic E-state index is -5.01. The van der Waals surface area contributed by atoms with Gasteiger partial charge in [0.15, 0.2) is 0 Å². The number of amides is 4. The number of methoxy groups -OCH3 is 1. The number of fused-ring (bicyclic) bond motifs is 3. The van der Waals surface area contributed by atoms with Gasteiger partial charge in [-0.3, -0.25) is 19.1 Å². The molecule has 19 heteroatoms. The number of alkyl carbamates (subject to hydrolysis) is 1. The molecule has 58 heavy (non-hydrogen) atoms. The molecule has 5 aliphatic rings. The standard InChI is InChI=1S/C39H49F3N6O9S/c1-36(15-9-10-16-36)57-35(52)45-27-12-8-6-4-5-7-11-23-21-38(23,34(51)47-58(53,54)37(2)17-18-37)46-31(49)29-20-25(22-48(29)33(27)50)56-32-30(39(40,41)42)43-28-19-24(55-3)13-14-26(28)44-32/h7,11,13-14,19,23,25,27,29H,4-6,8-10,12,15-18,20-22H2,1-3H3,(H,45,52)(H,46,49)(H,47,51)/b11-7+/t23-,25-,27+,29+,38-/m1/s1. The number of alkyl halides is 3. The molecule has 3 heterocycles. The Morgan fingerprint density at radius 1 is 1.00 bits per heavy atom. The molecular formula is C39H49F3N6O9S. The van der Waals surface area contributed by atoms with E-state index >= 15 is 0 Å². The molecule has 2 aliphatic heterocycles. The third-order valence-corrected chi connectivity index (χ3v) is 14.3. The minimum Gasteiger partial charge on any atom is -0.497 e. The quantitative estimate of drug-likeness (QED) is 0.309. The summed E-state index contributed by atoms with van der Waals surface area (Å²) >= 11 is 0. The Balaban J connectivity index is 1.21. The summed E-state index contributed by atoms with van der Waals surface area (Å²) in [4.78, 5) is 65.2. The number of rotatable bonds is 8. The van der Waals surface area contributed by atoms with Crippen molar-refractivity contribution in [3.63, 3.8) is 0 Å². The molecule has 1 saturated heterocycles. The van der Waals surface area contributed by atoms with Crippen LogP contribution in [0.3, 0.4) is 0 Å². The average molecular weight is 835 g/mol. The van der Waals surface area contributed by atoms with E-state index in [1.807, 2.05) is 13.0 Å². The summed E-state index contributed by atoms with van der Waals surface area (Å²) in [6.45, 7) is 2.96. The van der Waals surface area contributed by atoms with Crippen molar-refractivity contribution in [2.75, 3.05) is 13.7 Å². The lowest BCUT2D eigenvalue weighted by molar-refractivity contribution is -0.143. The van der Waals surface area contributed by atoms with Gasteiger partial charge in [0.1, 0.15) is 35.1 Å². The Bertz CT molecular complexity index is 2110. The predicted molar refractivity (Wildman–Crippen MR) is 202 cm³/mol. The third kappa shape index (κ3) is 8.54. The molecule has 0 bridgehead atoms. The van der Waals surface area contributed by atoms with Crippen molar-refractivity contribution in [3.8, 4) is 11.6 Å². The Morgan fingerprint density at radius 3 is 2.43 bits per heavy atom. The molecule has 1 aromatic heterocycles. The summed E-state index contributed by atoms with van der Waals surface area (Å²) in [6.07, 6.45) is 2.80. The van der Waals surface area contributed by atoms with Crippen LogP contribution in [0.15, 0.2) is 30.4 Å². The lowest BCUT2D eigenvalue weighted by Crippen LogP contribution is -2.58. The fourth-order valence-electron chi connectivity index (χ4n) is 8.14. The van der Waals surface area contributed by atoms with E-state index in [9.17, 15) is 40.8 Å². The van der Waals surface area contributed by atoms with E-state index in [-0.39, 0.29) is 36.0 Å². The number of carbonyl (C=O) groups excluding carboxylic acids is 4. The first-order valence-corrected chi connectivity index (χ1v) is 21.3. The van der Waals surface area contributed by atoms with Gasteiger partial charge in [-0.25, -0.2) is 23.2 Å². The summed E-state index contributed by atoms with van der Waals surface area (Å²) in [5.41, 5.74) is -3.85. The molecule has 7 rings (SSSR count). The van der Waals surface area contributed by atoms with Crippen molar-refractivity contribution in [3.05, 3.63) is 36.0 Å². The molecule has 2 aromatic rings. The molecule has 0 unspecified atom stereocenters. The molecular weight excluding hydrogens is 786 g/mol. The molecule has 0 radical (unpaired) electrons. The normalized spacial score (nSPS) is 28.8. The van der Waals surface area contributed by atoms with Gasteiger partial charge in [-0.05, 0) is 90.2 Å². The van der Waals surface area contributed by atoms with E-state index < -0.39 is 98.1 Å². The highest BCUT2D eigenvalue weighted by molar-refractivity contribution is 7.91. The molecule has 3 saturated carbocycles. The Morgan fingerprint density at radius 2 is 1.74 bits per heavy atom. The number of nitrogens with zero attached hydrogens (tertiary/aromatic N) is 3. The number of carbonyl (C=O) groups is 4. The SMILES string of the molecule is COc1ccc2nc(O[C@@H]3C[C@H]4C(=O)N[C@]5(C(=O)NS(=O)(=O)C6(C)CC6)C[C@H]5/C=C/CCCCC[C@H](NC(=O)OC5(C)CCCC5)C(=O)N4C3)c(C(F)(F)F)nc2c1. The van der Waals surface area contributed by atoms with Gasteiger partial charge < -0.3 is 29.7 Å². The van der Waals surface area contributed by atoms with Crippen molar-refractivity contribution < 1.29 is 55.0 Å². The molecule has 3 aliphatic carbocycles. The monoisotopic (exact) mass is 834 g/mol. The number of nitrogens with one attached hydrogen (secondary N) is 3. The Hall–Kier alpha value is -4.68. The van der Waals surface area contributed by atoms with Gasteiger partial charge in [-0.2, -0.15) is 13.2 Å². The molecule has 316 valence electrons. The van der Waals surface area contributed by atoms with Crippen molar-refractivity contribution in [2.45, 2.75) is 138 Å². The van der Waals surface area contributed by atoms with Gasteiger partial charge in [-0.15, -0.1) is 0 Å². The Labute approximate surface area is 334 Å². The van der Waals surface area contributed by atoms with Crippen LogP contribution in [-0.2, 0) is 35.3 Å². The minimum absolute atomic E-state index is 0.0694. The summed E-state index contributed by atoms with van der Waals surface area (Å²) in [7, 11) is -2.73. The number of aromatic nitrogens is 2. The molecule has 4 fully saturated rings. The van der Waals surface area contributed by atoms with E-state index in [2.05, 4.69) is 25.3 Å².